The van der Waals surface area contributed by atoms with E-state index in [2.05, 4.69) is 10.5 Å². The van der Waals surface area contributed by atoms with Crippen molar-refractivity contribution < 1.29 is 14.6 Å². The number of rotatable bonds is 4. The van der Waals surface area contributed by atoms with Crippen molar-refractivity contribution in [3.8, 4) is 11.5 Å². The van der Waals surface area contributed by atoms with Crippen LogP contribution >= 0.6 is 0 Å². The van der Waals surface area contributed by atoms with Crippen LogP contribution in [0.1, 0.15) is 15.9 Å². The average Bonchev–Trinajstić information content (AvgIpc) is 2.48. The van der Waals surface area contributed by atoms with E-state index in [4.69, 9.17) is 4.74 Å². The Morgan fingerprint density at radius 3 is 2.65 bits per heavy atom. The second-order valence-corrected chi connectivity index (χ2v) is 4.00. The summed E-state index contributed by atoms with van der Waals surface area (Å²) < 4.78 is 4.94. The minimum atomic E-state index is -0.292. The van der Waals surface area contributed by atoms with E-state index in [0.29, 0.717) is 16.9 Å². The Hall–Kier alpha value is -2.82. The van der Waals surface area contributed by atoms with Gasteiger partial charge in [-0.05, 0) is 35.9 Å². The van der Waals surface area contributed by atoms with Crippen molar-refractivity contribution in [2.45, 2.75) is 0 Å². The van der Waals surface area contributed by atoms with Gasteiger partial charge in [0.2, 0.25) is 0 Å². The molecule has 0 atom stereocenters. The average molecular weight is 270 g/mol. The molecule has 1 amide bonds. The highest BCUT2D eigenvalue weighted by Crippen LogP contribution is 2.25. The number of hydrazone groups is 1. The van der Waals surface area contributed by atoms with E-state index in [1.54, 1.807) is 36.4 Å². The Morgan fingerprint density at radius 2 is 2.00 bits per heavy atom. The Labute approximate surface area is 116 Å². The summed E-state index contributed by atoms with van der Waals surface area (Å²) in [6.45, 7) is 0. The van der Waals surface area contributed by atoms with Gasteiger partial charge in [-0.3, -0.25) is 4.79 Å². The predicted octanol–water partition coefficient (Wildman–Crippen LogP) is 2.16. The zero-order chi connectivity index (χ0) is 14.4. The lowest BCUT2D eigenvalue weighted by molar-refractivity contribution is 0.0955. The number of carbonyl (C=O) groups excluding carboxylic acids is 1. The first-order valence-corrected chi connectivity index (χ1v) is 5.96. The van der Waals surface area contributed by atoms with Gasteiger partial charge in [-0.1, -0.05) is 18.2 Å². The van der Waals surface area contributed by atoms with Crippen molar-refractivity contribution in [3.63, 3.8) is 0 Å². The van der Waals surface area contributed by atoms with Gasteiger partial charge < -0.3 is 9.84 Å². The Bertz CT molecular complexity index is 624. The van der Waals surface area contributed by atoms with E-state index in [1.807, 2.05) is 6.07 Å². The third kappa shape index (κ3) is 3.35. The molecule has 5 nitrogen and oxygen atoms in total. The molecule has 0 bridgehead atoms. The van der Waals surface area contributed by atoms with Gasteiger partial charge in [-0.25, -0.2) is 5.43 Å². The summed E-state index contributed by atoms with van der Waals surface area (Å²) in [4.78, 5) is 11.7. The van der Waals surface area contributed by atoms with Crippen molar-refractivity contribution in [1.29, 1.82) is 0 Å². The number of nitrogens with one attached hydrogen (secondary N) is 1. The fraction of sp³-hybridized carbons (Fsp3) is 0.0667. The summed E-state index contributed by atoms with van der Waals surface area (Å²) in [5.41, 5.74) is 3.59. The molecule has 0 aromatic heterocycles. The molecule has 2 rings (SSSR count). The lowest BCUT2D eigenvalue weighted by atomic mass is 10.2. The molecule has 2 aromatic rings. The maximum Gasteiger partial charge on any atom is 0.271 e. The van der Waals surface area contributed by atoms with E-state index in [-0.39, 0.29) is 11.7 Å². The van der Waals surface area contributed by atoms with Crippen LogP contribution in [0.25, 0.3) is 0 Å². The zero-order valence-corrected chi connectivity index (χ0v) is 10.9. The summed E-state index contributed by atoms with van der Waals surface area (Å²) in [6.07, 6.45) is 1.44. The number of aromatic hydroxyl groups is 1. The van der Waals surface area contributed by atoms with Crippen LogP contribution in [0.15, 0.2) is 53.6 Å². The molecule has 0 aliphatic rings. The second kappa shape index (κ2) is 6.38. The molecule has 2 aromatic carbocycles. The van der Waals surface area contributed by atoms with Gasteiger partial charge in [-0.15, -0.1) is 0 Å². The fourth-order valence-corrected chi connectivity index (χ4v) is 1.61. The van der Waals surface area contributed by atoms with E-state index >= 15 is 0 Å². The van der Waals surface area contributed by atoms with Crippen LogP contribution < -0.4 is 10.2 Å². The first-order chi connectivity index (χ1) is 9.70. The van der Waals surface area contributed by atoms with Gasteiger partial charge in [0.1, 0.15) is 0 Å². The topological polar surface area (TPSA) is 70.9 Å². The van der Waals surface area contributed by atoms with Crippen molar-refractivity contribution in [2.75, 3.05) is 7.11 Å². The summed E-state index contributed by atoms with van der Waals surface area (Å²) in [5.74, 6) is 0.112. The van der Waals surface area contributed by atoms with Crippen molar-refractivity contribution in [3.05, 3.63) is 59.7 Å². The number of hydrogen-bond donors (Lipinski definition) is 2. The van der Waals surface area contributed by atoms with Gasteiger partial charge in [0.15, 0.2) is 11.5 Å². The number of phenolic OH excluding ortho intramolecular Hbond substituents is 1. The Morgan fingerprint density at radius 1 is 1.25 bits per heavy atom. The van der Waals surface area contributed by atoms with Crippen LogP contribution in [0.5, 0.6) is 11.5 Å². The molecular weight excluding hydrogens is 256 g/mol. The second-order valence-electron chi connectivity index (χ2n) is 4.00. The number of benzene rings is 2. The number of methoxy groups -OCH3 is 1. The number of ether oxygens (including phenoxy) is 1. The van der Waals surface area contributed by atoms with Crippen LogP contribution in [0.4, 0.5) is 0 Å². The summed E-state index contributed by atoms with van der Waals surface area (Å²) in [5, 5.41) is 13.4. The normalized spacial score (nSPS) is 10.4. The molecule has 5 heteroatoms. The van der Waals surface area contributed by atoms with E-state index in [9.17, 15) is 9.90 Å². The molecule has 0 spiro atoms. The molecule has 0 saturated heterocycles. The maximum absolute atomic E-state index is 11.7. The molecule has 20 heavy (non-hydrogen) atoms. The van der Waals surface area contributed by atoms with Crippen molar-refractivity contribution >= 4 is 12.1 Å². The molecule has 102 valence electrons. The standard InChI is InChI=1S/C15H14N2O3/c1-20-14-8-7-11(9-13(14)18)10-16-17-15(19)12-5-3-2-4-6-12/h2-10,18H,1H3,(H,17,19)/b16-10+. The van der Waals surface area contributed by atoms with Gasteiger partial charge in [0, 0.05) is 5.56 Å². The lowest BCUT2D eigenvalue weighted by Crippen LogP contribution is -2.17. The van der Waals surface area contributed by atoms with Gasteiger partial charge in [0.05, 0.1) is 13.3 Å². The molecular formula is C15H14N2O3. The quantitative estimate of drug-likeness (QED) is 0.660. The molecule has 0 fully saturated rings. The number of carbonyl (C=O) groups is 1. The van der Waals surface area contributed by atoms with Crippen molar-refractivity contribution in [1.82, 2.24) is 5.43 Å². The largest absolute Gasteiger partial charge is 0.504 e. The zero-order valence-electron chi connectivity index (χ0n) is 10.9. The summed E-state index contributed by atoms with van der Waals surface area (Å²) in [6, 6.07) is 13.6. The Kier molecular flexibility index (Phi) is 4.34. The number of amides is 1. The molecule has 0 aliphatic carbocycles. The first-order valence-electron chi connectivity index (χ1n) is 5.96. The smallest absolute Gasteiger partial charge is 0.271 e. The number of hydrogen-bond acceptors (Lipinski definition) is 4. The molecule has 0 radical (unpaired) electrons. The Balaban J connectivity index is 2.00. The third-order valence-corrected chi connectivity index (χ3v) is 2.62. The highest BCUT2D eigenvalue weighted by Gasteiger charge is 2.03. The van der Waals surface area contributed by atoms with Crippen LogP contribution in [-0.4, -0.2) is 24.3 Å². The SMILES string of the molecule is COc1ccc(/C=N/NC(=O)c2ccccc2)cc1O. The van der Waals surface area contributed by atoms with Gasteiger partial charge >= 0.3 is 0 Å². The summed E-state index contributed by atoms with van der Waals surface area (Å²) >= 11 is 0. The molecule has 2 N–H and O–H groups in total. The van der Waals surface area contributed by atoms with Crippen LogP contribution in [0.2, 0.25) is 0 Å². The first kappa shape index (κ1) is 13.6. The molecule has 0 heterocycles. The van der Waals surface area contributed by atoms with E-state index in [1.165, 1.54) is 19.4 Å². The van der Waals surface area contributed by atoms with Crippen LogP contribution in [0, 0.1) is 0 Å². The summed E-state index contributed by atoms with van der Waals surface area (Å²) in [7, 11) is 1.48. The van der Waals surface area contributed by atoms with Gasteiger partial charge in [-0.2, -0.15) is 5.10 Å². The molecule has 0 unspecified atom stereocenters. The molecule has 0 saturated carbocycles. The third-order valence-electron chi connectivity index (χ3n) is 2.62. The lowest BCUT2D eigenvalue weighted by Gasteiger charge is -2.03. The van der Waals surface area contributed by atoms with Gasteiger partial charge in [0.25, 0.3) is 5.91 Å². The van der Waals surface area contributed by atoms with Crippen molar-refractivity contribution in [2.24, 2.45) is 5.10 Å². The maximum atomic E-state index is 11.7. The van der Waals surface area contributed by atoms with Crippen LogP contribution in [0.3, 0.4) is 0 Å². The number of nitrogens with zero attached hydrogens (tertiary/aromatic N) is 1. The minimum Gasteiger partial charge on any atom is -0.504 e. The highest BCUT2D eigenvalue weighted by molar-refractivity contribution is 5.94. The van der Waals surface area contributed by atoms with E-state index < -0.39 is 0 Å². The minimum absolute atomic E-state index is 0.0193. The van der Waals surface area contributed by atoms with Crippen LogP contribution in [-0.2, 0) is 0 Å². The predicted molar refractivity (Wildman–Crippen MR) is 76.2 cm³/mol. The molecule has 0 aliphatic heterocycles. The fourth-order valence-electron chi connectivity index (χ4n) is 1.61. The highest BCUT2D eigenvalue weighted by atomic mass is 16.5. The van der Waals surface area contributed by atoms with E-state index in [0.717, 1.165) is 0 Å². The number of phenols is 1. The monoisotopic (exact) mass is 270 g/mol.